The summed E-state index contributed by atoms with van der Waals surface area (Å²) in [6.45, 7) is 2.19. The maximum Gasteiger partial charge on any atom is 0.0991 e. The summed E-state index contributed by atoms with van der Waals surface area (Å²) in [6, 6.07) is 9.75. The van der Waals surface area contributed by atoms with E-state index in [1.807, 2.05) is 24.3 Å². The maximum atomic E-state index is 8.61. The van der Waals surface area contributed by atoms with Crippen LogP contribution in [-0.4, -0.2) is 0 Å². The van der Waals surface area contributed by atoms with Gasteiger partial charge in [0.05, 0.1) is 11.6 Å². The molecule has 1 aromatic carbocycles. The van der Waals surface area contributed by atoms with Crippen molar-refractivity contribution in [3.8, 4) is 6.07 Å². The average molecular weight is 185 g/mol. The van der Waals surface area contributed by atoms with Gasteiger partial charge in [-0.25, -0.2) is 0 Å². The van der Waals surface area contributed by atoms with Gasteiger partial charge in [-0.3, -0.25) is 0 Å². The predicted octanol–water partition coefficient (Wildman–Crippen LogP) is 3.76. The number of rotatable bonds is 4. The van der Waals surface area contributed by atoms with Crippen molar-refractivity contribution < 1.29 is 0 Å². The fraction of sp³-hybridized carbons (Fsp3) is 0.308. The SMILES string of the molecule is CCCC/C=C/c1ccc(C#N)cc1. The van der Waals surface area contributed by atoms with E-state index in [4.69, 9.17) is 5.26 Å². The van der Waals surface area contributed by atoms with Crippen LogP contribution in [0.25, 0.3) is 6.08 Å². The summed E-state index contributed by atoms with van der Waals surface area (Å²) in [4.78, 5) is 0. The molecule has 0 N–H and O–H groups in total. The molecule has 0 aliphatic carbocycles. The van der Waals surface area contributed by atoms with Gasteiger partial charge in [-0.1, -0.05) is 44.1 Å². The third-order valence-electron chi connectivity index (χ3n) is 2.07. The Labute approximate surface area is 85.7 Å². The number of nitriles is 1. The monoisotopic (exact) mass is 185 g/mol. The van der Waals surface area contributed by atoms with Gasteiger partial charge in [-0.2, -0.15) is 5.26 Å². The zero-order valence-electron chi connectivity index (χ0n) is 8.53. The van der Waals surface area contributed by atoms with Crippen molar-refractivity contribution in [1.82, 2.24) is 0 Å². The van der Waals surface area contributed by atoms with Gasteiger partial charge in [0.1, 0.15) is 0 Å². The Morgan fingerprint density at radius 3 is 2.57 bits per heavy atom. The molecule has 1 rings (SSSR count). The van der Waals surface area contributed by atoms with Crippen molar-refractivity contribution in [2.75, 3.05) is 0 Å². The van der Waals surface area contributed by atoms with Crippen LogP contribution < -0.4 is 0 Å². The highest BCUT2D eigenvalue weighted by Gasteiger charge is 1.88. The van der Waals surface area contributed by atoms with E-state index in [1.165, 1.54) is 18.4 Å². The lowest BCUT2D eigenvalue weighted by Gasteiger charge is -1.93. The summed E-state index contributed by atoms with van der Waals surface area (Å²) in [7, 11) is 0. The first-order valence-corrected chi connectivity index (χ1v) is 5.03. The molecule has 0 bridgehead atoms. The van der Waals surface area contributed by atoms with Crippen LogP contribution in [0.3, 0.4) is 0 Å². The minimum atomic E-state index is 0.718. The van der Waals surface area contributed by atoms with Gasteiger partial charge < -0.3 is 0 Å². The standard InChI is InChI=1S/C13H15N/c1-2-3-4-5-6-12-7-9-13(11-14)10-8-12/h5-10H,2-4H2,1H3/b6-5+. The summed E-state index contributed by atoms with van der Waals surface area (Å²) in [6.07, 6.45) is 7.91. The molecule has 0 aromatic heterocycles. The largest absolute Gasteiger partial charge is 0.192 e. The van der Waals surface area contributed by atoms with E-state index in [1.54, 1.807) is 0 Å². The first-order chi connectivity index (χ1) is 6.86. The van der Waals surface area contributed by atoms with E-state index in [0.29, 0.717) is 0 Å². The first-order valence-electron chi connectivity index (χ1n) is 5.03. The lowest BCUT2D eigenvalue weighted by atomic mass is 10.1. The molecule has 1 heteroatoms. The van der Waals surface area contributed by atoms with Gasteiger partial charge in [0.25, 0.3) is 0 Å². The van der Waals surface area contributed by atoms with E-state index in [9.17, 15) is 0 Å². The van der Waals surface area contributed by atoms with Crippen molar-refractivity contribution in [2.45, 2.75) is 26.2 Å². The number of hydrogen-bond donors (Lipinski definition) is 0. The second-order valence-electron chi connectivity index (χ2n) is 3.28. The van der Waals surface area contributed by atoms with Crippen LogP contribution in [0.15, 0.2) is 30.3 Å². The molecule has 0 amide bonds. The molecule has 0 spiro atoms. The molecule has 72 valence electrons. The van der Waals surface area contributed by atoms with Gasteiger partial charge in [0.2, 0.25) is 0 Å². The quantitative estimate of drug-likeness (QED) is 0.655. The normalized spacial score (nSPS) is 10.3. The van der Waals surface area contributed by atoms with Crippen molar-refractivity contribution in [3.63, 3.8) is 0 Å². The molecule has 0 heterocycles. The topological polar surface area (TPSA) is 23.8 Å². The number of hydrogen-bond acceptors (Lipinski definition) is 1. The predicted molar refractivity (Wildman–Crippen MR) is 59.7 cm³/mol. The van der Waals surface area contributed by atoms with E-state index < -0.39 is 0 Å². The summed E-state index contributed by atoms with van der Waals surface area (Å²) in [5.74, 6) is 0. The van der Waals surface area contributed by atoms with Gasteiger partial charge in [-0.15, -0.1) is 0 Å². The molecule has 0 fully saturated rings. The van der Waals surface area contributed by atoms with Crippen molar-refractivity contribution >= 4 is 6.08 Å². The fourth-order valence-electron chi connectivity index (χ4n) is 1.21. The maximum absolute atomic E-state index is 8.61. The Balaban J connectivity index is 2.52. The Kier molecular flexibility index (Phi) is 4.50. The molecular formula is C13H15N. The molecule has 0 saturated heterocycles. The molecule has 0 unspecified atom stereocenters. The number of benzene rings is 1. The summed E-state index contributed by atoms with van der Waals surface area (Å²) < 4.78 is 0. The Morgan fingerprint density at radius 2 is 2.00 bits per heavy atom. The minimum Gasteiger partial charge on any atom is -0.192 e. The number of unbranched alkanes of at least 4 members (excludes halogenated alkanes) is 2. The molecule has 1 aromatic rings. The molecule has 0 aliphatic rings. The Morgan fingerprint density at radius 1 is 1.29 bits per heavy atom. The van der Waals surface area contributed by atoms with Crippen molar-refractivity contribution in [3.05, 3.63) is 41.5 Å². The second-order valence-corrected chi connectivity index (χ2v) is 3.28. The van der Waals surface area contributed by atoms with Crippen LogP contribution in [0, 0.1) is 11.3 Å². The van der Waals surface area contributed by atoms with Crippen molar-refractivity contribution in [1.29, 1.82) is 5.26 Å². The molecule has 0 atom stereocenters. The molecule has 0 saturated carbocycles. The molecule has 0 aliphatic heterocycles. The average Bonchev–Trinajstić information content (AvgIpc) is 2.25. The Bertz CT molecular complexity index is 327. The fourth-order valence-corrected chi connectivity index (χ4v) is 1.21. The van der Waals surface area contributed by atoms with E-state index in [2.05, 4.69) is 25.1 Å². The van der Waals surface area contributed by atoms with Gasteiger partial charge in [-0.05, 0) is 24.1 Å². The summed E-state index contributed by atoms with van der Waals surface area (Å²) in [5.41, 5.74) is 1.89. The van der Waals surface area contributed by atoms with E-state index >= 15 is 0 Å². The molecule has 14 heavy (non-hydrogen) atoms. The van der Waals surface area contributed by atoms with Gasteiger partial charge >= 0.3 is 0 Å². The lowest BCUT2D eigenvalue weighted by molar-refractivity contribution is 0.816. The molecule has 0 radical (unpaired) electrons. The van der Waals surface area contributed by atoms with E-state index in [0.717, 1.165) is 12.0 Å². The summed E-state index contributed by atoms with van der Waals surface area (Å²) in [5, 5.41) is 8.61. The second kappa shape index (κ2) is 5.99. The van der Waals surface area contributed by atoms with Crippen LogP contribution in [-0.2, 0) is 0 Å². The van der Waals surface area contributed by atoms with E-state index in [-0.39, 0.29) is 0 Å². The van der Waals surface area contributed by atoms with Crippen LogP contribution >= 0.6 is 0 Å². The minimum absolute atomic E-state index is 0.718. The zero-order chi connectivity index (χ0) is 10.2. The van der Waals surface area contributed by atoms with Gasteiger partial charge in [0, 0.05) is 0 Å². The van der Waals surface area contributed by atoms with Gasteiger partial charge in [0.15, 0.2) is 0 Å². The van der Waals surface area contributed by atoms with Crippen LogP contribution in [0.2, 0.25) is 0 Å². The third kappa shape index (κ3) is 3.45. The highest BCUT2D eigenvalue weighted by molar-refractivity contribution is 5.50. The molecule has 1 nitrogen and oxygen atoms in total. The first kappa shape index (κ1) is 10.5. The molecular weight excluding hydrogens is 170 g/mol. The van der Waals surface area contributed by atoms with Crippen LogP contribution in [0.5, 0.6) is 0 Å². The highest BCUT2D eigenvalue weighted by Crippen LogP contribution is 2.06. The number of nitrogens with zero attached hydrogens (tertiary/aromatic N) is 1. The van der Waals surface area contributed by atoms with Crippen LogP contribution in [0.4, 0.5) is 0 Å². The lowest BCUT2D eigenvalue weighted by Crippen LogP contribution is -1.75. The summed E-state index contributed by atoms with van der Waals surface area (Å²) >= 11 is 0. The van der Waals surface area contributed by atoms with Crippen molar-refractivity contribution in [2.24, 2.45) is 0 Å². The third-order valence-corrected chi connectivity index (χ3v) is 2.07. The van der Waals surface area contributed by atoms with Crippen LogP contribution in [0.1, 0.15) is 37.3 Å². The Hall–Kier alpha value is -1.55. The smallest absolute Gasteiger partial charge is 0.0991 e. The highest BCUT2D eigenvalue weighted by atomic mass is 14.2. The number of allylic oxidation sites excluding steroid dienone is 1. The zero-order valence-corrected chi connectivity index (χ0v) is 8.53.